The lowest BCUT2D eigenvalue weighted by atomic mass is 9.47. The summed E-state index contributed by atoms with van der Waals surface area (Å²) in [5.41, 5.74) is 1.86. The number of aliphatic hydroxyl groups is 1. The van der Waals surface area contributed by atoms with Gasteiger partial charge >= 0.3 is 5.97 Å². The third kappa shape index (κ3) is 2.84. The van der Waals surface area contributed by atoms with Gasteiger partial charge in [0.25, 0.3) is 0 Å². The van der Waals surface area contributed by atoms with E-state index in [0.717, 1.165) is 12.8 Å². The predicted octanol–water partition coefficient (Wildman–Crippen LogP) is 3.90. The number of aliphatic carboxylic acids is 1. The zero-order chi connectivity index (χ0) is 17.7. The molecule has 4 heteroatoms. The molecule has 0 unspecified atom stereocenters. The van der Waals surface area contributed by atoms with Crippen molar-refractivity contribution in [1.29, 1.82) is 0 Å². The molecule has 2 saturated carbocycles. The molecule has 4 nitrogen and oxygen atoms in total. The summed E-state index contributed by atoms with van der Waals surface area (Å²) in [5.74, 6) is -0.129. The van der Waals surface area contributed by atoms with E-state index in [-0.39, 0.29) is 16.9 Å². The molecule has 1 heterocycles. The molecule has 0 aromatic heterocycles. The zero-order valence-corrected chi connectivity index (χ0v) is 15.0. The first kappa shape index (κ1) is 17.7. The zero-order valence-electron chi connectivity index (χ0n) is 15.0. The van der Waals surface area contributed by atoms with E-state index < -0.39 is 18.4 Å². The minimum Gasteiger partial charge on any atom is -0.478 e. The number of hydrogen-bond acceptors (Lipinski definition) is 3. The first-order valence-electron chi connectivity index (χ1n) is 9.11. The molecule has 24 heavy (non-hydrogen) atoms. The highest BCUT2D eigenvalue weighted by molar-refractivity contribution is 5.88. The summed E-state index contributed by atoms with van der Waals surface area (Å²) in [5, 5.41) is 19.1. The van der Waals surface area contributed by atoms with Crippen LogP contribution in [-0.4, -0.2) is 28.6 Å². The van der Waals surface area contributed by atoms with Crippen LogP contribution in [0.2, 0.25) is 0 Å². The Morgan fingerprint density at radius 2 is 2.08 bits per heavy atom. The third-order valence-corrected chi connectivity index (χ3v) is 6.99. The molecule has 0 saturated heterocycles. The van der Waals surface area contributed by atoms with Crippen LogP contribution in [0.25, 0.3) is 0 Å². The number of ether oxygens (including phenoxy) is 1. The summed E-state index contributed by atoms with van der Waals surface area (Å²) >= 11 is 0. The lowest BCUT2D eigenvalue weighted by Gasteiger charge is -2.58. The molecule has 1 aliphatic heterocycles. The summed E-state index contributed by atoms with van der Waals surface area (Å²) in [4.78, 5) is 11.5. The van der Waals surface area contributed by atoms with Crippen molar-refractivity contribution in [1.82, 2.24) is 0 Å². The van der Waals surface area contributed by atoms with E-state index in [9.17, 15) is 15.0 Å². The second kappa shape index (κ2) is 5.99. The molecule has 5 atom stereocenters. The van der Waals surface area contributed by atoms with Crippen molar-refractivity contribution in [2.24, 2.45) is 22.7 Å². The maximum atomic E-state index is 11.5. The average molecular weight is 334 g/mol. The lowest BCUT2D eigenvalue weighted by molar-refractivity contribution is -0.135. The van der Waals surface area contributed by atoms with Crippen LogP contribution in [0.4, 0.5) is 0 Å². The van der Waals surface area contributed by atoms with E-state index in [0.29, 0.717) is 17.8 Å². The van der Waals surface area contributed by atoms with E-state index in [4.69, 9.17) is 4.74 Å². The normalized spacial score (nSPS) is 41.7. The number of allylic oxidation sites excluding steroid dienone is 1. The first-order valence-corrected chi connectivity index (χ1v) is 9.11. The van der Waals surface area contributed by atoms with Crippen molar-refractivity contribution in [3.8, 4) is 0 Å². The highest BCUT2D eigenvalue weighted by atomic mass is 16.6. The Kier molecular flexibility index (Phi) is 4.42. The van der Waals surface area contributed by atoms with Crippen molar-refractivity contribution < 1.29 is 19.7 Å². The highest BCUT2D eigenvalue weighted by Gasteiger charge is 2.53. The summed E-state index contributed by atoms with van der Waals surface area (Å²) in [7, 11) is 0. The smallest absolute Gasteiger partial charge is 0.334 e. The predicted molar refractivity (Wildman–Crippen MR) is 92.3 cm³/mol. The number of aliphatic hydroxyl groups excluding tert-OH is 1. The van der Waals surface area contributed by atoms with Crippen LogP contribution in [0.3, 0.4) is 0 Å². The summed E-state index contributed by atoms with van der Waals surface area (Å²) in [6, 6.07) is 0. The molecule has 0 bridgehead atoms. The monoisotopic (exact) mass is 334 g/mol. The SMILES string of the molecule is C=C1CC[C@H]2C(C)(C)CCC[C@]2(C)[C@H]1C[C@H]1O[C@H](O)C=C1C(=O)O. The number of fused-ring (bicyclic) bond motifs is 1. The van der Waals surface area contributed by atoms with Gasteiger partial charge in [-0.1, -0.05) is 39.3 Å². The second-order valence-corrected chi connectivity index (χ2v) is 8.83. The van der Waals surface area contributed by atoms with Crippen LogP contribution in [0.5, 0.6) is 0 Å². The molecule has 3 rings (SSSR count). The molecule has 2 aliphatic carbocycles. The number of hydrogen-bond donors (Lipinski definition) is 2. The molecule has 0 amide bonds. The molecule has 0 aromatic rings. The van der Waals surface area contributed by atoms with Gasteiger partial charge in [0.1, 0.15) is 0 Å². The molecule has 2 fully saturated rings. The fourth-order valence-corrected chi connectivity index (χ4v) is 5.86. The molecular weight excluding hydrogens is 304 g/mol. The quantitative estimate of drug-likeness (QED) is 0.768. The molecule has 0 radical (unpaired) electrons. The summed E-state index contributed by atoms with van der Waals surface area (Å²) in [6.45, 7) is 11.4. The molecule has 3 aliphatic rings. The van der Waals surface area contributed by atoms with Crippen LogP contribution >= 0.6 is 0 Å². The Hall–Kier alpha value is -1.13. The maximum absolute atomic E-state index is 11.5. The van der Waals surface area contributed by atoms with Gasteiger partial charge in [0.2, 0.25) is 0 Å². The van der Waals surface area contributed by atoms with Crippen LogP contribution in [0.1, 0.15) is 59.3 Å². The van der Waals surface area contributed by atoms with Gasteiger partial charge < -0.3 is 14.9 Å². The Labute approximate surface area is 144 Å². The molecule has 134 valence electrons. The van der Waals surface area contributed by atoms with Crippen LogP contribution in [0.15, 0.2) is 23.8 Å². The van der Waals surface area contributed by atoms with E-state index in [2.05, 4.69) is 27.4 Å². The van der Waals surface area contributed by atoms with Crippen LogP contribution in [0, 0.1) is 22.7 Å². The third-order valence-electron chi connectivity index (χ3n) is 6.99. The van der Waals surface area contributed by atoms with Crippen molar-refractivity contribution in [2.75, 3.05) is 0 Å². The van der Waals surface area contributed by atoms with Gasteiger partial charge in [0.05, 0.1) is 11.7 Å². The number of carboxylic acid groups (broad SMARTS) is 1. The van der Waals surface area contributed by atoms with Gasteiger partial charge in [-0.25, -0.2) is 4.79 Å². The van der Waals surface area contributed by atoms with Crippen LogP contribution < -0.4 is 0 Å². The highest BCUT2D eigenvalue weighted by Crippen LogP contribution is 2.62. The van der Waals surface area contributed by atoms with E-state index in [1.165, 1.54) is 30.9 Å². The molecule has 2 N–H and O–H groups in total. The molecule has 0 spiro atoms. The fraction of sp³-hybridized carbons (Fsp3) is 0.750. The molecular formula is C20H30O4. The van der Waals surface area contributed by atoms with E-state index in [1.807, 2.05) is 0 Å². The lowest BCUT2D eigenvalue weighted by Crippen LogP contribution is -2.50. The summed E-state index contributed by atoms with van der Waals surface area (Å²) < 4.78 is 5.50. The van der Waals surface area contributed by atoms with Crippen molar-refractivity contribution in [3.05, 3.63) is 23.8 Å². The minimum atomic E-state index is -1.11. The maximum Gasteiger partial charge on any atom is 0.334 e. The van der Waals surface area contributed by atoms with Crippen molar-refractivity contribution in [3.63, 3.8) is 0 Å². The first-order chi connectivity index (χ1) is 11.1. The summed E-state index contributed by atoms with van der Waals surface area (Å²) in [6.07, 6.45) is 6.09. The topological polar surface area (TPSA) is 66.8 Å². The van der Waals surface area contributed by atoms with Gasteiger partial charge in [-0.15, -0.1) is 0 Å². The fourth-order valence-electron chi connectivity index (χ4n) is 5.86. The number of carboxylic acids is 1. The van der Waals surface area contributed by atoms with Gasteiger partial charge in [0, 0.05) is 0 Å². The number of carbonyl (C=O) groups is 1. The van der Waals surface area contributed by atoms with Gasteiger partial charge in [-0.2, -0.15) is 0 Å². The standard InChI is InChI=1S/C20H30O4/c1-12-6-7-16-19(2,3)8-5-9-20(16,4)14(12)11-15-13(18(22)23)10-17(21)24-15/h10,14-17,21H,1,5-9,11H2,2-4H3,(H,22,23)/t14-,15+,16-,17-,20+/m0/s1. The average Bonchev–Trinajstić information content (AvgIpc) is 2.83. The van der Waals surface area contributed by atoms with E-state index >= 15 is 0 Å². The second-order valence-electron chi connectivity index (χ2n) is 8.83. The van der Waals surface area contributed by atoms with Gasteiger partial charge in [-0.3, -0.25) is 0 Å². The van der Waals surface area contributed by atoms with Crippen molar-refractivity contribution in [2.45, 2.75) is 71.7 Å². The van der Waals surface area contributed by atoms with Crippen LogP contribution in [-0.2, 0) is 9.53 Å². The Morgan fingerprint density at radius 3 is 2.75 bits per heavy atom. The van der Waals surface area contributed by atoms with Gasteiger partial charge in [0.15, 0.2) is 6.29 Å². The van der Waals surface area contributed by atoms with Crippen molar-refractivity contribution >= 4 is 5.97 Å². The minimum absolute atomic E-state index is 0.137. The molecule has 0 aromatic carbocycles. The largest absolute Gasteiger partial charge is 0.478 e. The Morgan fingerprint density at radius 1 is 1.38 bits per heavy atom. The number of rotatable bonds is 3. The van der Waals surface area contributed by atoms with E-state index in [1.54, 1.807) is 0 Å². The Bertz CT molecular complexity index is 576. The Balaban J connectivity index is 1.87. The van der Waals surface area contributed by atoms with Gasteiger partial charge in [-0.05, 0) is 60.8 Å².